The maximum Gasteiger partial charge on any atom is 0.317 e. The van der Waals surface area contributed by atoms with Crippen molar-refractivity contribution < 1.29 is 14.7 Å². The lowest BCUT2D eigenvalue weighted by atomic mass is 9.99. The van der Waals surface area contributed by atoms with E-state index in [2.05, 4.69) is 19.2 Å². The number of hydrogen-bond donors (Lipinski definition) is 2. The molecule has 1 unspecified atom stereocenters. The molecule has 1 heterocycles. The summed E-state index contributed by atoms with van der Waals surface area (Å²) >= 11 is 1.83. The molecule has 5 nitrogen and oxygen atoms in total. The fourth-order valence-electron chi connectivity index (χ4n) is 2.02. The first-order valence-electron chi connectivity index (χ1n) is 6.84. The van der Waals surface area contributed by atoms with Gasteiger partial charge in [0.2, 0.25) is 0 Å². The highest BCUT2D eigenvalue weighted by molar-refractivity contribution is 7.99. The van der Waals surface area contributed by atoms with Gasteiger partial charge in [-0.05, 0) is 24.5 Å². The standard InChI is InChI=1S/C13H24N2O3S/c1-10(2)9-19-7-5-14-13(18)15-6-3-4-11(8-15)12(16)17/h10-11H,3-9H2,1-2H3,(H,14,18)(H,16,17). The molecule has 1 aliphatic heterocycles. The molecule has 1 fully saturated rings. The lowest BCUT2D eigenvalue weighted by Gasteiger charge is -2.30. The molecule has 0 saturated carbocycles. The molecule has 1 aliphatic rings. The van der Waals surface area contributed by atoms with E-state index < -0.39 is 11.9 Å². The number of hydrogen-bond acceptors (Lipinski definition) is 3. The van der Waals surface area contributed by atoms with Crippen LogP contribution in [0.4, 0.5) is 4.79 Å². The summed E-state index contributed by atoms with van der Waals surface area (Å²) in [6, 6.07) is -0.129. The predicted molar refractivity (Wildman–Crippen MR) is 77.5 cm³/mol. The summed E-state index contributed by atoms with van der Waals surface area (Å²) in [7, 11) is 0. The van der Waals surface area contributed by atoms with E-state index in [1.165, 1.54) is 0 Å². The third kappa shape index (κ3) is 6.18. The van der Waals surface area contributed by atoms with E-state index in [1.54, 1.807) is 4.90 Å². The van der Waals surface area contributed by atoms with Crippen molar-refractivity contribution in [3.8, 4) is 0 Å². The number of thioether (sulfide) groups is 1. The zero-order valence-corrected chi connectivity index (χ0v) is 12.5. The number of carboxylic acids is 1. The number of likely N-dealkylation sites (tertiary alicyclic amines) is 1. The molecule has 1 atom stereocenters. The Bertz CT molecular complexity index is 310. The van der Waals surface area contributed by atoms with E-state index in [0.29, 0.717) is 32.0 Å². The molecule has 6 heteroatoms. The number of nitrogens with one attached hydrogen (secondary N) is 1. The van der Waals surface area contributed by atoms with E-state index in [-0.39, 0.29) is 6.03 Å². The third-order valence-corrected chi connectivity index (χ3v) is 4.43. The van der Waals surface area contributed by atoms with E-state index in [1.807, 2.05) is 11.8 Å². The summed E-state index contributed by atoms with van der Waals surface area (Å²) < 4.78 is 0. The average molecular weight is 288 g/mol. The normalized spacial score (nSPS) is 19.5. The zero-order valence-electron chi connectivity index (χ0n) is 11.7. The van der Waals surface area contributed by atoms with Gasteiger partial charge >= 0.3 is 12.0 Å². The van der Waals surface area contributed by atoms with E-state index in [9.17, 15) is 9.59 Å². The van der Waals surface area contributed by atoms with Crippen molar-refractivity contribution in [2.24, 2.45) is 11.8 Å². The zero-order chi connectivity index (χ0) is 14.3. The van der Waals surface area contributed by atoms with E-state index in [0.717, 1.165) is 17.9 Å². The molecule has 0 aliphatic carbocycles. The summed E-state index contributed by atoms with van der Waals surface area (Å²) in [5.41, 5.74) is 0. The van der Waals surface area contributed by atoms with Crippen molar-refractivity contribution in [2.75, 3.05) is 31.1 Å². The van der Waals surface area contributed by atoms with Crippen molar-refractivity contribution in [1.82, 2.24) is 10.2 Å². The molecule has 1 saturated heterocycles. The Kier molecular flexibility index (Phi) is 7.05. The minimum Gasteiger partial charge on any atom is -0.481 e. The Labute approximate surface area is 119 Å². The minimum atomic E-state index is -0.801. The summed E-state index contributed by atoms with van der Waals surface area (Å²) in [6.45, 7) is 5.98. The average Bonchev–Trinajstić information content (AvgIpc) is 2.37. The van der Waals surface area contributed by atoms with Gasteiger partial charge in [0.15, 0.2) is 0 Å². The molecule has 0 aromatic carbocycles. The van der Waals surface area contributed by atoms with Gasteiger partial charge in [0.05, 0.1) is 5.92 Å². The fraction of sp³-hybridized carbons (Fsp3) is 0.846. The first kappa shape index (κ1) is 16.1. The van der Waals surface area contributed by atoms with Crippen LogP contribution in [0.2, 0.25) is 0 Å². The first-order chi connectivity index (χ1) is 9.00. The fourth-order valence-corrected chi connectivity index (χ4v) is 2.91. The molecule has 110 valence electrons. The molecule has 0 bridgehead atoms. The Hall–Kier alpha value is -0.910. The molecular weight excluding hydrogens is 264 g/mol. The number of nitrogens with zero attached hydrogens (tertiary/aromatic N) is 1. The maximum atomic E-state index is 11.9. The Morgan fingerprint density at radius 2 is 2.21 bits per heavy atom. The molecule has 1 rings (SSSR count). The second-order valence-electron chi connectivity index (χ2n) is 5.32. The van der Waals surface area contributed by atoms with Crippen LogP contribution in [-0.4, -0.2) is 53.1 Å². The Morgan fingerprint density at radius 1 is 1.47 bits per heavy atom. The topological polar surface area (TPSA) is 69.6 Å². The van der Waals surface area contributed by atoms with Crippen LogP contribution in [0.5, 0.6) is 0 Å². The van der Waals surface area contributed by atoms with E-state index in [4.69, 9.17) is 5.11 Å². The highest BCUT2D eigenvalue weighted by Crippen LogP contribution is 2.16. The number of carbonyl (C=O) groups excluding carboxylic acids is 1. The van der Waals surface area contributed by atoms with Gasteiger partial charge in [0.1, 0.15) is 0 Å². The number of carbonyl (C=O) groups is 2. The van der Waals surface area contributed by atoms with Gasteiger partial charge in [-0.15, -0.1) is 0 Å². The quantitative estimate of drug-likeness (QED) is 0.732. The Balaban J connectivity index is 2.20. The SMILES string of the molecule is CC(C)CSCCNC(=O)N1CCCC(C(=O)O)C1. The van der Waals surface area contributed by atoms with Crippen LogP contribution < -0.4 is 5.32 Å². The first-order valence-corrected chi connectivity index (χ1v) is 7.99. The van der Waals surface area contributed by atoms with Crippen LogP contribution in [-0.2, 0) is 4.79 Å². The lowest BCUT2D eigenvalue weighted by molar-refractivity contribution is -0.143. The van der Waals surface area contributed by atoms with E-state index >= 15 is 0 Å². The molecule has 19 heavy (non-hydrogen) atoms. The van der Waals surface area contributed by atoms with Gasteiger partial charge < -0.3 is 15.3 Å². The largest absolute Gasteiger partial charge is 0.481 e. The Morgan fingerprint density at radius 3 is 2.84 bits per heavy atom. The number of urea groups is 1. The number of amides is 2. The highest BCUT2D eigenvalue weighted by Gasteiger charge is 2.27. The second-order valence-corrected chi connectivity index (χ2v) is 6.47. The molecule has 0 aromatic rings. The van der Waals surface area contributed by atoms with Gasteiger partial charge in [0, 0.05) is 25.4 Å². The number of piperidine rings is 1. The van der Waals surface area contributed by atoms with Gasteiger partial charge in [-0.2, -0.15) is 11.8 Å². The predicted octanol–water partition coefficient (Wildman–Crippen LogP) is 1.88. The highest BCUT2D eigenvalue weighted by atomic mass is 32.2. The number of carboxylic acid groups (broad SMARTS) is 1. The molecule has 0 radical (unpaired) electrons. The number of rotatable bonds is 6. The molecule has 0 aromatic heterocycles. The second kappa shape index (κ2) is 8.30. The number of aliphatic carboxylic acids is 1. The summed E-state index contributed by atoms with van der Waals surface area (Å²) in [6.07, 6.45) is 1.44. The van der Waals surface area contributed by atoms with Gasteiger partial charge in [-0.3, -0.25) is 4.79 Å². The van der Waals surface area contributed by atoms with Crippen LogP contribution in [0.25, 0.3) is 0 Å². The van der Waals surface area contributed by atoms with Gasteiger partial charge in [-0.25, -0.2) is 4.79 Å². The van der Waals surface area contributed by atoms with Gasteiger partial charge in [-0.1, -0.05) is 13.8 Å². The third-order valence-electron chi connectivity index (χ3n) is 3.03. The summed E-state index contributed by atoms with van der Waals surface area (Å²) in [4.78, 5) is 24.4. The molecule has 2 N–H and O–H groups in total. The van der Waals surface area contributed by atoms with Crippen LogP contribution in [0.3, 0.4) is 0 Å². The van der Waals surface area contributed by atoms with Gasteiger partial charge in [0.25, 0.3) is 0 Å². The lowest BCUT2D eigenvalue weighted by Crippen LogP contribution is -2.47. The van der Waals surface area contributed by atoms with Crippen molar-refractivity contribution in [3.05, 3.63) is 0 Å². The maximum absolute atomic E-state index is 11.9. The van der Waals surface area contributed by atoms with Crippen LogP contribution >= 0.6 is 11.8 Å². The monoisotopic (exact) mass is 288 g/mol. The molecule has 2 amide bonds. The van der Waals surface area contributed by atoms with Crippen molar-refractivity contribution in [3.63, 3.8) is 0 Å². The van der Waals surface area contributed by atoms with Crippen LogP contribution in [0.1, 0.15) is 26.7 Å². The smallest absolute Gasteiger partial charge is 0.317 e. The van der Waals surface area contributed by atoms with Crippen molar-refractivity contribution in [1.29, 1.82) is 0 Å². The molecular formula is C13H24N2O3S. The molecule has 0 spiro atoms. The van der Waals surface area contributed by atoms with Crippen molar-refractivity contribution in [2.45, 2.75) is 26.7 Å². The summed E-state index contributed by atoms with van der Waals surface area (Å²) in [5.74, 6) is 1.46. The van der Waals surface area contributed by atoms with Crippen LogP contribution in [0, 0.1) is 11.8 Å². The minimum absolute atomic E-state index is 0.129. The van der Waals surface area contributed by atoms with Crippen molar-refractivity contribution >= 4 is 23.8 Å². The summed E-state index contributed by atoms with van der Waals surface area (Å²) in [5, 5.41) is 11.8. The van der Waals surface area contributed by atoms with Crippen LogP contribution in [0.15, 0.2) is 0 Å².